The molecule has 0 aliphatic heterocycles. The molecule has 2 heteroatoms. The molecule has 21 heavy (non-hydrogen) atoms. The maximum Gasteiger partial charge on any atom is 0.168 e. The zero-order valence-corrected chi connectivity index (χ0v) is 13.2. The molecule has 0 saturated heterocycles. The Balaban J connectivity index is 1.61. The Morgan fingerprint density at radius 2 is 1.71 bits per heavy atom. The Kier molecular flexibility index (Phi) is 4.82. The summed E-state index contributed by atoms with van der Waals surface area (Å²) in [5.74, 6) is 1.68. The number of benzene rings is 1. The maximum atomic E-state index is 14.5. The lowest BCUT2D eigenvalue weighted by Gasteiger charge is -2.17. The quantitative estimate of drug-likeness (QED) is 0.670. The lowest BCUT2D eigenvalue weighted by Crippen LogP contribution is -2.06. The number of hydrogen-bond acceptors (Lipinski definition) is 1. The van der Waals surface area contributed by atoms with Crippen molar-refractivity contribution in [3.8, 4) is 5.75 Å². The molecule has 0 heterocycles. The molecule has 0 spiro atoms. The van der Waals surface area contributed by atoms with E-state index in [-0.39, 0.29) is 5.82 Å². The van der Waals surface area contributed by atoms with Crippen molar-refractivity contribution in [2.75, 3.05) is 6.61 Å². The second kappa shape index (κ2) is 6.81. The number of hydrogen-bond donors (Lipinski definition) is 0. The number of rotatable bonds is 5. The Morgan fingerprint density at radius 1 is 1.05 bits per heavy atom. The SMILES string of the molecule is Cc1c(C2CCCC2)ccc(OCCC2CCCC2)c1F. The molecule has 0 atom stereocenters. The predicted molar refractivity (Wildman–Crippen MR) is 84.4 cm³/mol. The van der Waals surface area contributed by atoms with Crippen molar-refractivity contribution in [1.82, 2.24) is 0 Å². The molecule has 2 saturated carbocycles. The smallest absolute Gasteiger partial charge is 0.168 e. The Bertz CT molecular complexity index is 471. The fraction of sp³-hybridized carbons (Fsp3) is 0.684. The van der Waals surface area contributed by atoms with E-state index < -0.39 is 0 Å². The second-order valence-electron chi connectivity index (χ2n) is 6.86. The molecular weight excluding hydrogens is 263 g/mol. The van der Waals surface area contributed by atoms with Crippen LogP contribution in [-0.2, 0) is 0 Å². The third-order valence-electron chi connectivity index (χ3n) is 5.45. The van der Waals surface area contributed by atoms with Crippen LogP contribution in [0.15, 0.2) is 12.1 Å². The minimum Gasteiger partial charge on any atom is -0.490 e. The van der Waals surface area contributed by atoms with Crippen LogP contribution in [0.4, 0.5) is 4.39 Å². The standard InChI is InChI=1S/C19H27FO/c1-14-17(16-8-4-5-9-16)10-11-18(19(14)20)21-13-12-15-6-2-3-7-15/h10-11,15-16H,2-9,12-13H2,1H3. The molecule has 0 aromatic heterocycles. The van der Waals surface area contributed by atoms with Gasteiger partial charge < -0.3 is 4.74 Å². The van der Waals surface area contributed by atoms with Gasteiger partial charge in [0.1, 0.15) is 0 Å². The first-order valence-electron chi connectivity index (χ1n) is 8.67. The Morgan fingerprint density at radius 3 is 2.43 bits per heavy atom. The average Bonchev–Trinajstić information content (AvgIpc) is 3.16. The lowest BCUT2D eigenvalue weighted by molar-refractivity contribution is 0.267. The third kappa shape index (κ3) is 3.41. The van der Waals surface area contributed by atoms with Gasteiger partial charge in [0.15, 0.2) is 11.6 Å². The summed E-state index contributed by atoms with van der Waals surface area (Å²) in [5.41, 5.74) is 2.01. The fourth-order valence-corrected chi connectivity index (χ4v) is 4.10. The van der Waals surface area contributed by atoms with E-state index in [0.717, 1.165) is 17.9 Å². The molecular formula is C19H27FO. The molecule has 2 aliphatic carbocycles. The molecule has 0 radical (unpaired) electrons. The minimum atomic E-state index is -0.133. The minimum absolute atomic E-state index is 0.133. The molecule has 1 nitrogen and oxygen atoms in total. The van der Waals surface area contributed by atoms with Crippen molar-refractivity contribution in [1.29, 1.82) is 0 Å². The van der Waals surface area contributed by atoms with E-state index in [1.165, 1.54) is 56.9 Å². The Labute approximate surface area is 127 Å². The van der Waals surface area contributed by atoms with E-state index in [2.05, 4.69) is 6.07 Å². The van der Waals surface area contributed by atoms with Gasteiger partial charge in [-0.1, -0.05) is 44.6 Å². The van der Waals surface area contributed by atoms with Gasteiger partial charge in [-0.3, -0.25) is 0 Å². The van der Waals surface area contributed by atoms with Crippen molar-refractivity contribution in [3.05, 3.63) is 29.1 Å². The molecule has 2 fully saturated rings. The van der Waals surface area contributed by atoms with Gasteiger partial charge >= 0.3 is 0 Å². The summed E-state index contributed by atoms with van der Waals surface area (Å²) in [6, 6.07) is 3.95. The van der Waals surface area contributed by atoms with Crippen molar-refractivity contribution in [2.24, 2.45) is 5.92 Å². The molecule has 0 N–H and O–H groups in total. The molecule has 3 rings (SSSR count). The van der Waals surface area contributed by atoms with Crippen LogP contribution in [0.3, 0.4) is 0 Å². The first-order valence-corrected chi connectivity index (χ1v) is 8.67. The number of halogens is 1. The summed E-state index contributed by atoms with van der Waals surface area (Å²) in [7, 11) is 0. The van der Waals surface area contributed by atoms with E-state index in [9.17, 15) is 4.39 Å². The van der Waals surface area contributed by atoms with Crippen molar-refractivity contribution in [3.63, 3.8) is 0 Å². The average molecular weight is 290 g/mol. The van der Waals surface area contributed by atoms with E-state index in [0.29, 0.717) is 18.3 Å². The first-order chi connectivity index (χ1) is 10.3. The van der Waals surface area contributed by atoms with Crippen molar-refractivity contribution < 1.29 is 9.13 Å². The highest BCUT2D eigenvalue weighted by molar-refractivity contribution is 5.39. The summed E-state index contributed by atoms with van der Waals surface area (Å²) in [5, 5.41) is 0. The topological polar surface area (TPSA) is 9.23 Å². The van der Waals surface area contributed by atoms with Gasteiger partial charge in [0.2, 0.25) is 0 Å². The van der Waals surface area contributed by atoms with Crippen LogP contribution < -0.4 is 4.74 Å². The summed E-state index contributed by atoms with van der Waals surface area (Å²) in [6.45, 7) is 2.57. The van der Waals surface area contributed by atoms with Gasteiger partial charge in [0.05, 0.1) is 6.61 Å². The van der Waals surface area contributed by atoms with Crippen LogP contribution in [-0.4, -0.2) is 6.61 Å². The van der Waals surface area contributed by atoms with Gasteiger partial charge in [-0.25, -0.2) is 4.39 Å². The molecule has 0 unspecified atom stereocenters. The van der Waals surface area contributed by atoms with Crippen LogP contribution in [0.1, 0.15) is 74.8 Å². The zero-order valence-electron chi connectivity index (χ0n) is 13.2. The molecule has 1 aromatic carbocycles. The van der Waals surface area contributed by atoms with Crippen LogP contribution in [0.2, 0.25) is 0 Å². The third-order valence-corrected chi connectivity index (χ3v) is 5.45. The van der Waals surface area contributed by atoms with Gasteiger partial charge in [-0.05, 0) is 55.2 Å². The first kappa shape index (κ1) is 14.9. The normalized spacial score (nSPS) is 20.3. The van der Waals surface area contributed by atoms with Crippen LogP contribution in [0, 0.1) is 18.7 Å². The molecule has 0 bridgehead atoms. The second-order valence-corrected chi connectivity index (χ2v) is 6.86. The van der Waals surface area contributed by atoms with E-state index in [1.54, 1.807) is 0 Å². The molecule has 116 valence electrons. The van der Waals surface area contributed by atoms with Crippen molar-refractivity contribution in [2.45, 2.75) is 70.6 Å². The van der Waals surface area contributed by atoms with Crippen molar-refractivity contribution >= 4 is 0 Å². The highest BCUT2D eigenvalue weighted by Crippen LogP contribution is 2.38. The predicted octanol–water partition coefficient (Wildman–Crippen LogP) is 5.75. The zero-order chi connectivity index (χ0) is 14.7. The maximum absolute atomic E-state index is 14.5. The summed E-state index contributed by atoms with van der Waals surface area (Å²) in [6.07, 6.45) is 11.4. The molecule has 2 aliphatic rings. The van der Waals surface area contributed by atoms with E-state index in [4.69, 9.17) is 4.74 Å². The highest BCUT2D eigenvalue weighted by atomic mass is 19.1. The van der Waals surface area contributed by atoms with E-state index in [1.807, 2.05) is 13.0 Å². The summed E-state index contributed by atoms with van der Waals surface area (Å²) < 4.78 is 20.2. The van der Waals surface area contributed by atoms with Crippen LogP contribution in [0.25, 0.3) is 0 Å². The lowest BCUT2D eigenvalue weighted by atomic mass is 9.93. The van der Waals surface area contributed by atoms with Gasteiger partial charge in [0, 0.05) is 0 Å². The van der Waals surface area contributed by atoms with Crippen LogP contribution in [0.5, 0.6) is 5.75 Å². The highest BCUT2D eigenvalue weighted by Gasteiger charge is 2.22. The molecule has 1 aromatic rings. The largest absolute Gasteiger partial charge is 0.490 e. The van der Waals surface area contributed by atoms with E-state index >= 15 is 0 Å². The van der Waals surface area contributed by atoms with Gasteiger partial charge in [-0.2, -0.15) is 0 Å². The number of ether oxygens (including phenoxy) is 1. The monoisotopic (exact) mass is 290 g/mol. The summed E-state index contributed by atoms with van der Waals surface area (Å²) in [4.78, 5) is 0. The van der Waals surface area contributed by atoms with Crippen LogP contribution >= 0.6 is 0 Å². The summed E-state index contributed by atoms with van der Waals surface area (Å²) >= 11 is 0. The van der Waals surface area contributed by atoms with Gasteiger partial charge in [-0.15, -0.1) is 0 Å². The molecule has 0 amide bonds. The Hall–Kier alpha value is -1.05. The fourth-order valence-electron chi connectivity index (χ4n) is 4.10. The van der Waals surface area contributed by atoms with Gasteiger partial charge in [0.25, 0.3) is 0 Å².